The molecular weight excluding hydrogens is 568 g/mol. The Bertz CT molecular complexity index is 1390. The summed E-state index contributed by atoms with van der Waals surface area (Å²) >= 11 is 8.04. The highest BCUT2D eigenvalue weighted by Crippen LogP contribution is 2.34. The van der Waals surface area contributed by atoms with E-state index in [9.17, 15) is 35.9 Å². The van der Waals surface area contributed by atoms with Crippen LogP contribution in [-0.2, 0) is 17.4 Å². The van der Waals surface area contributed by atoms with Crippen molar-refractivity contribution in [2.24, 2.45) is 0 Å². The number of amides is 1. The van der Waals surface area contributed by atoms with E-state index in [-0.39, 0.29) is 27.3 Å². The fourth-order valence-electron chi connectivity index (χ4n) is 3.33. The molecule has 0 bridgehead atoms. The number of ether oxygens (including phenoxy) is 1. The SMILES string of the molecule is O=C(CSc1nc2c(c(=O)n1-c1ccc(OC(F)(F)F)cc1)SCC2)Nc1cc(C(F)(F)F)ccc1Cl. The van der Waals surface area contributed by atoms with Crippen LogP contribution in [0.5, 0.6) is 5.75 Å². The Morgan fingerprint density at radius 1 is 1.14 bits per heavy atom. The van der Waals surface area contributed by atoms with E-state index in [4.69, 9.17) is 11.6 Å². The summed E-state index contributed by atoms with van der Waals surface area (Å²) in [5.41, 5.74) is -0.985. The quantitative estimate of drug-likeness (QED) is 0.213. The lowest BCUT2D eigenvalue weighted by molar-refractivity contribution is -0.274. The van der Waals surface area contributed by atoms with Gasteiger partial charge < -0.3 is 10.1 Å². The molecule has 0 unspecified atom stereocenters. The van der Waals surface area contributed by atoms with Crippen LogP contribution in [0.15, 0.2) is 57.3 Å². The van der Waals surface area contributed by atoms with Crippen molar-refractivity contribution in [2.45, 2.75) is 29.0 Å². The van der Waals surface area contributed by atoms with Crippen molar-refractivity contribution in [3.63, 3.8) is 0 Å². The van der Waals surface area contributed by atoms with Gasteiger partial charge >= 0.3 is 12.5 Å². The zero-order chi connectivity index (χ0) is 27.0. The maximum absolute atomic E-state index is 13.2. The Labute approximate surface area is 218 Å². The summed E-state index contributed by atoms with van der Waals surface area (Å²) in [4.78, 5) is 30.5. The van der Waals surface area contributed by atoms with Crippen molar-refractivity contribution >= 4 is 46.7 Å². The van der Waals surface area contributed by atoms with Gasteiger partial charge in [-0.25, -0.2) is 4.98 Å². The lowest BCUT2D eigenvalue weighted by atomic mass is 10.2. The van der Waals surface area contributed by atoms with E-state index in [1.165, 1.54) is 23.9 Å². The molecule has 196 valence electrons. The summed E-state index contributed by atoms with van der Waals surface area (Å²) in [6.45, 7) is 0. The average molecular weight is 582 g/mol. The van der Waals surface area contributed by atoms with E-state index in [1.54, 1.807) is 0 Å². The minimum Gasteiger partial charge on any atom is -0.406 e. The summed E-state index contributed by atoms with van der Waals surface area (Å²) in [7, 11) is 0. The van der Waals surface area contributed by atoms with E-state index in [0.29, 0.717) is 28.8 Å². The van der Waals surface area contributed by atoms with Crippen LogP contribution in [-0.4, -0.2) is 33.3 Å². The van der Waals surface area contributed by atoms with Crippen LogP contribution in [0.3, 0.4) is 0 Å². The van der Waals surface area contributed by atoms with Gasteiger partial charge in [0.15, 0.2) is 5.16 Å². The number of thioether (sulfide) groups is 2. The maximum atomic E-state index is 13.2. The van der Waals surface area contributed by atoms with Gasteiger partial charge in [0, 0.05) is 12.2 Å². The van der Waals surface area contributed by atoms with E-state index in [2.05, 4.69) is 15.0 Å². The fourth-order valence-corrected chi connectivity index (χ4v) is 5.35. The maximum Gasteiger partial charge on any atom is 0.573 e. The van der Waals surface area contributed by atoms with E-state index < -0.39 is 35.3 Å². The van der Waals surface area contributed by atoms with Crippen LogP contribution in [0.4, 0.5) is 32.0 Å². The highest BCUT2D eigenvalue weighted by molar-refractivity contribution is 8.00. The number of hydrogen-bond acceptors (Lipinski definition) is 6. The first kappa shape index (κ1) is 27.2. The number of rotatable bonds is 6. The number of benzene rings is 2. The third-order valence-corrected chi connectivity index (χ3v) is 7.27. The van der Waals surface area contributed by atoms with Gasteiger partial charge in [-0.3, -0.25) is 14.2 Å². The van der Waals surface area contributed by atoms with Gasteiger partial charge in [-0.2, -0.15) is 13.2 Å². The monoisotopic (exact) mass is 581 g/mol. The summed E-state index contributed by atoms with van der Waals surface area (Å²) < 4.78 is 81.5. The molecule has 2 aromatic carbocycles. The minimum absolute atomic E-state index is 0.0843. The molecule has 0 aliphatic carbocycles. The van der Waals surface area contributed by atoms with Crippen LogP contribution in [0, 0.1) is 0 Å². The van der Waals surface area contributed by atoms with Gasteiger partial charge in [0.25, 0.3) is 5.56 Å². The molecule has 1 aliphatic rings. The number of carbonyl (C=O) groups excluding carboxylic acids is 1. The molecule has 15 heteroatoms. The Morgan fingerprint density at radius 3 is 2.49 bits per heavy atom. The Hall–Kier alpha value is -2.84. The number of nitrogens with one attached hydrogen (secondary N) is 1. The molecule has 0 spiro atoms. The van der Waals surface area contributed by atoms with Crippen molar-refractivity contribution < 1.29 is 35.9 Å². The molecule has 1 amide bonds. The van der Waals surface area contributed by atoms with Crippen molar-refractivity contribution in [2.75, 3.05) is 16.8 Å². The normalized spacial score (nSPS) is 13.4. The highest BCUT2D eigenvalue weighted by atomic mass is 35.5. The largest absolute Gasteiger partial charge is 0.573 e. The molecule has 3 aromatic rings. The fraction of sp³-hybridized carbons (Fsp3) is 0.227. The second-order valence-electron chi connectivity index (χ2n) is 7.48. The molecule has 1 aromatic heterocycles. The third-order valence-electron chi connectivity index (χ3n) is 4.90. The number of hydrogen-bond donors (Lipinski definition) is 1. The molecule has 37 heavy (non-hydrogen) atoms. The number of anilines is 1. The molecule has 0 radical (unpaired) electrons. The Kier molecular flexibility index (Phi) is 7.72. The highest BCUT2D eigenvalue weighted by Gasteiger charge is 2.32. The topological polar surface area (TPSA) is 73.2 Å². The molecular formula is C22H14ClF6N3O3S2. The lowest BCUT2D eigenvalue weighted by Crippen LogP contribution is -2.25. The van der Waals surface area contributed by atoms with E-state index in [1.807, 2.05) is 0 Å². The second-order valence-corrected chi connectivity index (χ2v) is 9.94. The zero-order valence-electron chi connectivity index (χ0n) is 18.2. The third kappa shape index (κ3) is 6.54. The van der Waals surface area contributed by atoms with Crippen molar-refractivity contribution in [3.05, 3.63) is 69.1 Å². The predicted molar refractivity (Wildman–Crippen MR) is 127 cm³/mol. The Balaban J connectivity index is 1.58. The first-order valence-electron chi connectivity index (χ1n) is 10.3. The van der Waals surface area contributed by atoms with Crippen LogP contribution in [0.25, 0.3) is 5.69 Å². The van der Waals surface area contributed by atoms with Crippen LogP contribution >= 0.6 is 35.1 Å². The van der Waals surface area contributed by atoms with E-state index in [0.717, 1.165) is 40.6 Å². The number of fused-ring (bicyclic) bond motifs is 1. The zero-order valence-corrected chi connectivity index (χ0v) is 20.6. The molecule has 2 heterocycles. The van der Waals surface area contributed by atoms with Gasteiger partial charge in [-0.15, -0.1) is 24.9 Å². The standard InChI is InChI=1S/C22H14ClF6N3O3S2/c23-14-6-1-11(21(24,25)26)9-16(14)30-17(33)10-37-20-31-15-7-8-36-18(15)19(34)32(20)12-2-4-13(5-3-12)35-22(27,28)29/h1-6,9H,7-8,10H2,(H,30,33). The molecule has 0 fully saturated rings. The second kappa shape index (κ2) is 10.5. The van der Waals surface area contributed by atoms with Crippen LogP contribution in [0.2, 0.25) is 5.02 Å². The smallest absolute Gasteiger partial charge is 0.406 e. The molecule has 1 aliphatic heterocycles. The molecule has 4 rings (SSSR count). The molecule has 0 atom stereocenters. The Morgan fingerprint density at radius 2 is 1.84 bits per heavy atom. The van der Waals surface area contributed by atoms with Crippen LogP contribution in [0.1, 0.15) is 11.3 Å². The number of aromatic nitrogens is 2. The first-order valence-corrected chi connectivity index (χ1v) is 12.6. The molecule has 0 saturated carbocycles. The molecule has 1 N–H and O–H groups in total. The number of carbonyl (C=O) groups is 1. The minimum atomic E-state index is -4.89. The van der Waals surface area contributed by atoms with Gasteiger partial charge in [-0.1, -0.05) is 23.4 Å². The number of nitrogens with zero attached hydrogens (tertiary/aromatic N) is 2. The molecule has 0 saturated heterocycles. The van der Waals surface area contributed by atoms with Crippen molar-refractivity contribution in [1.82, 2.24) is 9.55 Å². The van der Waals surface area contributed by atoms with Gasteiger partial charge in [0.2, 0.25) is 5.91 Å². The molecule has 6 nitrogen and oxygen atoms in total. The van der Waals surface area contributed by atoms with Gasteiger partial charge in [0.1, 0.15) is 5.75 Å². The summed E-state index contributed by atoms with van der Waals surface area (Å²) in [5.74, 6) is -0.936. The average Bonchev–Trinajstić information content (AvgIpc) is 3.27. The number of alkyl halides is 6. The summed E-state index contributed by atoms with van der Waals surface area (Å²) in [5, 5.41) is 2.30. The van der Waals surface area contributed by atoms with Gasteiger partial charge in [-0.05, 0) is 42.5 Å². The van der Waals surface area contributed by atoms with Crippen molar-refractivity contribution in [1.29, 1.82) is 0 Å². The first-order chi connectivity index (χ1) is 17.3. The number of aryl methyl sites for hydroxylation is 1. The predicted octanol–water partition coefficient (Wildman–Crippen LogP) is 6.18. The van der Waals surface area contributed by atoms with Crippen molar-refractivity contribution in [3.8, 4) is 11.4 Å². The number of halogens is 7. The lowest BCUT2D eigenvalue weighted by Gasteiger charge is -2.15. The van der Waals surface area contributed by atoms with Crippen LogP contribution < -0.4 is 15.6 Å². The van der Waals surface area contributed by atoms with E-state index >= 15 is 0 Å². The summed E-state index contributed by atoms with van der Waals surface area (Å²) in [6.07, 6.45) is -9.02. The summed E-state index contributed by atoms with van der Waals surface area (Å²) in [6, 6.07) is 7.04. The van der Waals surface area contributed by atoms with Gasteiger partial charge in [0.05, 0.1) is 38.3 Å².